The van der Waals surface area contributed by atoms with Gasteiger partial charge in [-0.1, -0.05) is 17.7 Å². The van der Waals surface area contributed by atoms with Gasteiger partial charge in [0.25, 0.3) is 0 Å². The molecule has 0 fully saturated rings. The maximum absolute atomic E-state index is 13.0. The van der Waals surface area contributed by atoms with E-state index in [-0.39, 0.29) is 17.5 Å². The third-order valence-corrected chi connectivity index (χ3v) is 4.52. The summed E-state index contributed by atoms with van der Waals surface area (Å²) in [4.78, 5) is 48.8. The number of ketones is 1. The lowest BCUT2D eigenvalue weighted by Gasteiger charge is -2.21. The third-order valence-electron chi connectivity index (χ3n) is 4.52. The number of Topliss-reactive ketones (excluding diaryl/α,β-unsaturated/α-hetero) is 1. The van der Waals surface area contributed by atoms with Crippen LogP contribution in [0.5, 0.6) is 0 Å². The van der Waals surface area contributed by atoms with Crippen molar-refractivity contribution in [3.8, 4) is 0 Å². The number of nitrogens with zero attached hydrogens (tertiary/aromatic N) is 1. The molecule has 2 unspecified atom stereocenters. The second-order valence-electron chi connectivity index (χ2n) is 7.23. The number of allylic oxidation sites excluding steroid dienone is 3. The Morgan fingerprint density at radius 1 is 1.10 bits per heavy atom. The van der Waals surface area contributed by atoms with Crippen LogP contribution in [-0.4, -0.2) is 59.2 Å². The van der Waals surface area contributed by atoms with Gasteiger partial charge in [-0.3, -0.25) is 24.4 Å². The third kappa shape index (κ3) is 7.05. The Hall–Kier alpha value is -3.50. The Morgan fingerprint density at radius 3 is 2.19 bits per heavy atom. The summed E-state index contributed by atoms with van der Waals surface area (Å²) in [6.07, 6.45) is 3.00. The van der Waals surface area contributed by atoms with Crippen LogP contribution in [-0.2, 0) is 14.4 Å². The highest BCUT2D eigenvalue weighted by molar-refractivity contribution is 6.09. The molecule has 1 amide bonds. The fourth-order valence-corrected chi connectivity index (χ4v) is 2.84. The van der Waals surface area contributed by atoms with E-state index >= 15 is 0 Å². The first-order valence-electron chi connectivity index (χ1n) is 9.25. The number of carbonyl (C=O) groups is 4. The zero-order valence-electron chi connectivity index (χ0n) is 17.7. The van der Waals surface area contributed by atoms with Crippen molar-refractivity contribution in [2.45, 2.75) is 32.2 Å². The normalized spacial score (nSPS) is 13.9. The van der Waals surface area contributed by atoms with Gasteiger partial charge in [0, 0.05) is 31.8 Å². The van der Waals surface area contributed by atoms with Gasteiger partial charge in [-0.2, -0.15) is 0 Å². The highest BCUT2D eigenvalue weighted by Gasteiger charge is 2.33. The van der Waals surface area contributed by atoms with Gasteiger partial charge >= 0.3 is 11.9 Å². The molecule has 2 atom stereocenters. The fraction of sp³-hybridized carbons (Fsp3) is 0.333. The van der Waals surface area contributed by atoms with Crippen molar-refractivity contribution in [3.05, 3.63) is 52.6 Å². The number of hydrogen-bond acceptors (Lipinski definition) is 7. The molecule has 31 heavy (non-hydrogen) atoms. The van der Waals surface area contributed by atoms with Crippen LogP contribution in [0.25, 0.3) is 0 Å². The van der Waals surface area contributed by atoms with Crippen LogP contribution >= 0.6 is 0 Å². The average Bonchev–Trinajstić information content (AvgIpc) is 2.70. The topological polar surface area (TPSA) is 170 Å². The van der Waals surface area contributed by atoms with Crippen molar-refractivity contribution in [1.29, 1.82) is 0 Å². The van der Waals surface area contributed by atoms with E-state index in [1.165, 1.54) is 23.7 Å². The monoisotopic (exact) mass is 433 g/mol. The number of carboxylic acids is 2. The molecule has 0 aliphatic rings. The summed E-state index contributed by atoms with van der Waals surface area (Å²) in [5.41, 5.74) is 8.78. The smallest absolute Gasteiger partial charge is 0.321 e. The number of anilines is 1. The van der Waals surface area contributed by atoms with Crippen molar-refractivity contribution in [2.75, 3.05) is 19.0 Å². The number of amides is 1. The van der Waals surface area contributed by atoms with E-state index in [2.05, 4.69) is 0 Å². The number of carboxylic acid groups (broad SMARTS) is 2. The minimum Gasteiger partial charge on any atom is -0.481 e. The molecule has 0 aliphatic heterocycles. The quantitative estimate of drug-likeness (QED) is 0.120. The number of nitrogens with two attached hydrogens (primary N) is 1. The summed E-state index contributed by atoms with van der Waals surface area (Å²) in [6.45, 7) is 3.24. The molecule has 10 heteroatoms. The van der Waals surface area contributed by atoms with Gasteiger partial charge in [-0.25, -0.2) is 5.48 Å². The summed E-state index contributed by atoms with van der Waals surface area (Å²) < 4.78 is 0. The number of hydroxylamine groups is 1. The molecule has 1 rings (SSSR count). The molecule has 0 spiro atoms. The Morgan fingerprint density at radius 2 is 1.71 bits per heavy atom. The number of hydrogen-bond donors (Lipinski definition) is 5. The Kier molecular flexibility index (Phi) is 9.10. The molecule has 0 heterocycles. The molecule has 0 radical (unpaired) electrons. The minimum atomic E-state index is -1.70. The van der Waals surface area contributed by atoms with E-state index in [4.69, 9.17) is 10.9 Å². The van der Waals surface area contributed by atoms with Crippen molar-refractivity contribution < 1.29 is 34.6 Å². The first-order valence-corrected chi connectivity index (χ1v) is 9.25. The summed E-state index contributed by atoms with van der Waals surface area (Å²) in [5, 5.41) is 27.3. The number of carbonyl (C=O) groups excluding carboxylic acids is 2. The van der Waals surface area contributed by atoms with Crippen molar-refractivity contribution in [2.24, 2.45) is 5.73 Å². The lowest BCUT2D eigenvalue weighted by molar-refractivity contribution is -0.146. The molecule has 1 aromatic carbocycles. The van der Waals surface area contributed by atoms with E-state index in [0.29, 0.717) is 16.8 Å². The van der Waals surface area contributed by atoms with Crippen molar-refractivity contribution >= 4 is 29.3 Å². The van der Waals surface area contributed by atoms with Gasteiger partial charge in [-0.15, -0.1) is 0 Å². The van der Waals surface area contributed by atoms with E-state index in [9.17, 15) is 29.4 Å². The number of benzene rings is 1. The van der Waals surface area contributed by atoms with Gasteiger partial charge in [0.1, 0.15) is 12.0 Å². The van der Waals surface area contributed by atoms with Crippen LogP contribution in [0.2, 0.25) is 0 Å². The van der Waals surface area contributed by atoms with Crippen LogP contribution in [0, 0.1) is 0 Å². The highest BCUT2D eigenvalue weighted by Crippen LogP contribution is 2.27. The maximum Gasteiger partial charge on any atom is 0.321 e. The standard InChI is InChI=1S/C21H27N3O7/c1-11(5-6-16(25)23-31)7-12(2)19(26)14-8-13(9-15(10-14)24(3)4)17(20(27)28)18(22)21(29)30/h5,7-10,17-18,31H,6,22H2,1-4H3,(H,23,25)(H,27,28)(H,29,30)/b11-5+,12-7+. The van der Waals surface area contributed by atoms with Crippen LogP contribution in [0.15, 0.2) is 41.5 Å². The molecule has 0 aromatic heterocycles. The van der Waals surface area contributed by atoms with Crippen LogP contribution in [0.1, 0.15) is 42.1 Å². The number of aliphatic carboxylic acids is 2. The molecular formula is C21H27N3O7. The van der Waals surface area contributed by atoms with E-state index in [1.54, 1.807) is 45.0 Å². The Bertz CT molecular complexity index is 935. The molecule has 6 N–H and O–H groups in total. The van der Waals surface area contributed by atoms with Gasteiger partial charge in [0.2, 0.25) is 5.91 Å². The van der Waals surface area contributed by atoms with Gasteiger partial charge in [0.15, 0.2) is 5.78 Å². The Labute approximate surface area is 179 Å². The van der Waals surface area contributed by atoms with E-state index in [0.717, 1.165) is 0 Å². The minimum absolute atomic E-state index is 0.0755. The Balaban J connectivity index is 3.43. The lowest BCUT2D eigenvalue weighted by atomic mass is 9.89. The molecule has 0 aliphatic carbocycles. The van der Waals surface area contributed by atoms with Gasteiger partial charge < -0.3 is 20.8 Å². The van der Waals surface area contributed by atoms with Crippen LogP contribution < -0.4 is 16.1 Å². The summed E-state index contributed by atoms with van der Waals surface area (Å²) in [7, 11) is 3.39. The summed E-state index contributed by atoms with van der Waals surface area (Å²) in [5.74, 6) is -5.45. The first-order chi connectivity index (χ1) is 14.4. The molecule has 168 valence electrons. The molecular weight excluding hydrogens is 406 g/mol. The van der Waals surface area contributed by atoms with Gasteiger partial charge in [0.05, 0.1) is 0 Å². The average molecular weight is 433 g/mol. The van der Waals surface area contributed by atoms with E-state index in [1.807, 2.05) is 0 Å². The molecule has 1 aromatic rings. The predicted molar refractivity (Wildman–Crippen MR) is 113 cm³/mol. The molecule has 10 nitrogen and oxygen atoms in total. The van der Waals surface area contributed by atoms with Crippen LogP contribution in [0.3, 0.4) is 0 Å². The zero-order valence-corrected chi connectivity index (χ0v) is 17.7. The SMILES string of the molecule is CC(=C\CC(=O)NO)/C=C(\C)C(=O)c1cc(C(C(=O)O)C(N)C(=O)O)cc(N(C)C)c1. The number of nitrogens with one attached hydrogen (secondary N) is 1. The summed E-state index contributed by atoms with van der Waals surface area (Å²) in [6, 6.07) is 2.67. The fourth-order valence-electron chi connectivity index (χ4n) is 2.84. The maximum atomic E-state index is 13.0. The largest absolute Gasteiger partial charge is 0.481 e. The zero-order chi connectivity index (χ0) is 23.9. The second kappa shape index (κ2) is 11.0. The van der Waals surface area contributed by atoms with Crippen molar-refractivity contribution in [3.63, 3.8) is 0 Å². The van der Waals surface area contributed by atoms with Crippen LogP contribution in [0.4, 0.5) is 5.69 Å². The second-order valence-corrected chi connectivity index (χ2v) is 7.23. The highest BCUT2D eigenvalue weighted by atomic mass is 16.5. The molecule has 0 saturated carbocycles. The lowest BCUT2D eigenvalue weighted by Crippen LogP contribution is -2.40. The predicted octanol–water partition coefficient (Wildman–Crippen LogP) is 1.30. The van der Waals surface area contributed by atoms with Gasteiger partial charge in [-0.05, 0) is 43.2 Å². The molecule has 0 bridgehead atoms. The van der Waals surface area contributed by atoms with Crippen molar-refractivity contribution in [1.82, 2.24) is 5.48 Å². The molecule has 0 saturated heterocycles. The number of rotatable bonds is 10. The first kappa shape index (κ1) is 25.5. The van der Waals surface area contributed by atoms with E-state index < -0.39 is 35.6 Å². The summed E-state index contributed by atoms with van der Waals surface area (Å²) >= 11 is 0.